The van der Waals surface area contributed by atoms with Crippen LogP contribution in [0.4, 0.5) is 5.69 Å². The lowest BCUT2D eigenvalue weighted by molar-refractivity contribution is 0.0993. The van der Waals surface area contributed by atoms with Gasteiger partial charge in [0, 0.05) is 30.5 Å². The Labute approximate surface area is 229 Å². The smallest absolute Gasteiger partial charge is 0.319 e. The molecule has 0 spiro atoms. The van der Waals surface area contributed by atoms with Crippen molar-refractivity contribution in [1.29, 1.82) is 0 Å². The summed E-state index contributed by atoms with van der Waals surface area (Å²) in [5.41, 5.74) is 3.11. The zero-order valence-electron chi connectivity index (χ0n) is 21.4. The fourth-order valence-corrected chi connectivity index (χ4v) is 5.31. The summed E-state index contributed by atoms with van der Waals surface area (Å²) in [4.78, 5) is 37.5. The van der Waals surface area contributed by atoms with Crippen LogP contribution in [0.15, 0.2) is 53.6 Å². The van der Waals surface area contributed by atoms with Crippen LogP contribution in [0, 0.1) is 0 Å². The number of anilines is 1. The van der Waals surface area contributed by atoms with Crippen molar-refractivity contribution in [2.45, 2.75) is 25.9 Å². The van der Waals surface area contributed by atoms with E-state index in [1.165, 1.54) is 35.9 Å². The monoisotopic (exact) mass is 553 g/mol. The van der Waals surface area contributed by atoms with Crippen molar-refractivity contribution in [3.8, 4) is 23.1 Å². The van der Waals surface area contributed by atoms with Crippen molar-refractivity contribution in [1.82, 2.24) is 19.1 Å². The van der Waals surface area contributed by atoms with E-state index in [1.54, 1.807) is 31.4 Å². The van der Waals surface area contributed by atoms with Crippen LogP contribution < -0.4 is 19.9 Å². The molecule has 1 aromatic carbocycles. The summed E-state index contributed by atoms with van der Waals surface area (Å²) in [6.45, 7) is 4.04. The highest BCUT2D eigenvalue weighted by molar-refractivity contribution is 6.31. The normalized spacial score (nSPS) is 14.8. The number of fused-ring (bicyclic) bond motifs is 1. The largest absolute Gasteiger partial charge is 0.480 e. The number of pyridine rings is 1. The molecule has 5 rings (SSSR count). The maximum Gasteiger partial charge on any atom is 0.319 e. The molecular formula is C27H25Cl2N5O4. The van der Waals surface area contributed by atoms with Crippen molar-refractivity contribution in [2.75, 3.05) is 19.1 Å². The molecule has 196 valence electrons. The van der Waals surface area contributed by atoms with Crippen molar-refractivity contribution in [3.05, 3.63) is 86.0 Å². The highest BCUT2D eigenvalue weighted by Gasteiger charge is 2.44. The molecule has 1 atom stereocenters. The van der Waals surface area contributed by atoms with Gasteiger partial charge in [-0.25, -0.2) is 4.98 Å². The highest BCUT2D eigenvalue weighted by atomic mass is 35.5. The average Bonchev–Trinajstić information content (AvgIpc) is 3.41. The second kappa shape index (κ2) is 9.81. The standard InChI is InChI=1S/C27H25Cl2N5O4/c1-14(2)33-20(19-12-30-27(38-5)31-24(19)37-4)11-18-23(33)22(15-6-8-16(28)9-7-15)34(25(18)35)21-10-17(29)13-32(3)26(21)36/h6-14,22H,1-5H3/t22-/m0/s1. The van der Waals surface area contributed by atoms with Crippen molar-refractivity contribution in [2.24, 2.45) is 7.05 Å². The molecule has 4 aromatic rings. The fraction of sp³-hybridized carbons (Fsp3) is 0.259. The Morgan fingerprint density at radius 3 is 2.32 bits per heavy atom. The number of hydrogen-bond acceptors (Lipinski definition) is 6. The second-order valence-electron chi connectivity index (χ2n) is 9.16. The van der Waals surface area contributed by atoms with Gasteiger partial charge < -0.3 is 18.6 Å². The van der Waals surface area contributed by atoms with E-state index in [4.69, 9.17) is 32.7 Å². The van der Waals surface area contributed by atoms with Gasteiger partial charge in [0.05, 0.1) is 41.8 Å². The molecule has 0 aliphatic carbocycles. The Morgan fingerprint density at radius 1 is 0.974 bits per heavy atom. The minimum atomic E-state index is -0.623. The lowest BCUT2D eigenvalue weighted by atomic mass is 10.0. The van der Waals surface area contributed by atoms with Crippen molar-refractivity contribution in [3.63, 3.8) is 0 Å². The number of ether oxygens (including phenoxy) is 2. The maximum absolute atomic E-state index is 14.1. The summed E-state index contributed by atoms with van der Waals surface area (Å²) in [5, 5.41) is 0.900. The molecule has 0 saturated heterocycles. The quantitative estimate of drug-likeness (QED) is 0.321. The molecule has 0 saturated carbocycles. The zero-order chi connectivity index (χ0) is 27.3. The molecule has 1 aliphatic heterocycles. The Balaban J connectivity index is 1.81. The number of benzene rings is 1. The van der Waals surface area contributed by atoms with E-state index in [0.717, 1.165) is 11.3 Å². The van der Waals surface area contributed by atoms with Gasteiger partial charge in [0.15, 0.2) is 0 Å². The molecule has 3 aromatic heterocycles. The minimum Gasteiger partial charge on any atom is -0.480 e. The first-order valence-corrected chi connectivity index (χ1v) is 12.6. The third kappa shape index (κ3) is 4.12. The van der Waals surface area contributed by atoms with Gasteiger partial charge in [0.25, 0.3) is 11.5 Å². The van der Waals surface area contributed by atoms with Gasteiger partial charge in [0.2, 0.25) is 5.88 Å². The summed E-state index contributed by atoms with van der Waals surface area (Å²) in [7, 11) is 4.59. The molecule has 9 nitrogen and oxygen atoms in total. The van der Waals surface area contributed by atoms with E-state index in [9.17, 15) is 9.59 Å². The topological polar surface area (TPSA) is 91.5 Å². The summed E-state index contributed by atoms with van der Waals surface area (Å²) in [6.07, 6.45) is 3.13. The van der Waals surface area contributed by atoms with Crippen LogP contribution in [-0.4, -0.2) is 39.2 Å². The van der Waals surface area contributed by atoms with Crippen LogP contribution in [0.5, 0.6) is 11.9 Å². The van der Waals surface area contributed by atoms with Crippen LogP contribution in [0.2, 0.25) is 10.0 Å². The molecule has 1 amide bonds. The summed E-state index contributed by atoms with van der Waals surface area (Å²) in [6, 6.07) is 10.0. The number of nitrogens with zero attached hydrogens (tertiary/aromatic N) is 5. The van der Waals surface area contributed by atoms with Crippen LogP contribution >= 0.6 is 23.2 Å². The van der Waals surface area contributed by atoms with E-state index < -0.39 is 6.04 Å². The Bertz CT molecular complexity index is 1610. The van der Waals surface area contributed by atoms with Crippen LogP contribution in [-0.2, 0) is 7.05 Å². The zero-order valence-corrected chi connectivity index (χ0v) is 22.9. The first-order chi connectivity index (χ1) is 18.2. The summed E-state index contributed by atoms with van der Waals surface area (Å²) < 4.78 is 14.1. The molecule has 1 aliphatic rings. The Kier molecular flexibility index (Phi) is 6.66. The van der Waals surface area contributed by atoms with E-state index in [-0.39, 0.29) is 29.2 Å². The van der Waals surface area contributed by atoms with E-state index in [1.807, 2.05) is 26.0 Å². The number of carbonyl (C=O) groups excluding carboxylic acids is 1. The van der Waals surface area contributed by atoms with Gasteiger partial charge in [-0.3, -0.25) is 14.5 Å². The third-order valence-corrected chi connectivity index (χ3v) is 6.98. The SMILES string of the molecule is COc1ncc(-c2cc3c(n2C(C)C)[C@H](c2ccc(Cl)cc2)N(c2cc(Cl)cn(C)c2=O)C3=O)c(OC)n1. The first kappa shape index (κ1) is 25.8. The number of rotatable bonds is 6. The average molecular weight is 554 g/mol. The van der Waals surface area contributed by atoms with Crippen LogP contribution in [0.1, 0.15) is 47.5 Å². The van der Waals surface area contributed by atoms with E-state index in [2.05, 4.69) is 14.5 Å². The van der Waals surface area contributed by atoms with Gasteiger partial charge >= 0.3 is 6.01 Å². The van der Waals surface area contributed by atoms with Crippen LogP contribution in [0.25, 0.3) is 11.3 Å². The van der Waals surface area contributed by atoms with Crippen molar-refractivity contribution < 1.29 is 14.3 Å². The van der Waals surface area contributed by atoms with Gasteiger partial charge in [-0.05, 0) is 43.7 Å². The number of carbonyl (C=O) groups is 1. The third-order valence-electron chi connectivity index (χ3n) is 6.52. The molecule has 0 radical (unpaired) electrons. The maximum atomic E-state index is 14.1. The first-order valence-electron chi connectivity index (χ1n) is 11.8. The lowest BCUT2D eigenvalue weighted by Crippen LogP contribution is -2.35. The van der Waals surface area contributed by atoms with Gasteiger partial charge in [-0.15, -0.1) is 0 Å². The second-order valence-corrected chi connectivity index (χ2v) is 10.0. The van der Waals surface area contributed by atoms with E-state index >= 15 is 0 Å². The van der Waals surface area contributed by atoms with E-state index in [0.29, 0.717) is 32.7 Å². The number of methoxy groups -OCH3 is 2. The molecule has 0 N–H and O–H groups in total. The highest BCUT2D eigenvalue weighted by Crippen LogP contribution is 2.46. The van der Waals surface area contributed by atoms with Gasteiger partial charge in [-0.1, -0.05) is 35.3 Å². The van der Waals surface area contributed by atoms with Crippen molar-refractivity contribution >= 4 is 34.8 Å². The number of aryl methyl sites for hydroxylation is 1. The number of halogens is 2. The molecule has 11 heteroatoms. The minimum absolute atomic E-state index is 0.0784. The Hall–Kier alpha value is -3.82. The molecule has 4 heterocycles. The van der Waals surface area contributed by atoms with Gasteiger partial charge in [0.1, 0.15) is 11.7 Å². The predicted octanol–water partition coefficient (Wildman–Crippen LogP) is 5.30. The lowest BCUT2D eigenvalue weighted by Gasteiger charge is -2.29. The number of hydrogen-bond donors (Lipinski definition) is 0. The Morgan fingerprint density at radius 2 is 1.68 bits per heavy atom. The number of aromatic nitrogens is 4. The fourth-order valence-electron chi connectivity index (χ4n) is 4.93. The molecule has 0 fully saturated rings. The van der Waals surface area contributed by atoms with Gasteiger partial charge in [-0.2, -0.15) is 4.98 Å². The molecule has 38 heavy (non-hydrogen) atoms. The molecule has 0 bridgehead atoms. The summed E-state index contributed by atoms with van der Waals surface area (Å²) >= 11 is 12.5. The molecular weight excluding hydrogens is 529 g/mol. The predicted molar refractivity (Wildman–Crippen MR) is 146 cm³/mol. The van der Waals surface area contributed by atoms with Crippen LogP contribution in [0.3, 0.4) is 0 Å². The molecule has 0 unspecified atom stereocenters. The summed E-state index contributed by atoms with van der Waals surface area (Å²) in [5.74, 6) is -0.0145. The number of amides is 1.